The minimum atomic E-state index is 0.136. The largest absolute Gasteiger partial charge is 0.497 e. The van der Waals surface area contributed by atoms with Crippen LogP contribution >= 0.6 is 12.2 Å². The molecule has 5 heteroatoms. The van der Waals surface area contributed by atoms with E-state index >= 15 is 0 Å². The monoisotopic (exact) mass is 308 g/mol. The smallest absolute Gasteiger partial charge is 0.223 e. The first-order valence-electron chi connectivity index (χ1n) is 7.11. The third-order valence-corrected chi connectivity index (χ3v) is 3.30. The maximum Gasteiger partial charge on any atom is 0.223 e. The number of nitrogens with two attached hydrogens (primary N) is 1. The molecule has 1 rings (SSSR count). The number of amides is 1. The molecule has 116 valence electrons. The molecule has 0 fully saturated rings. The van der Waals surface area contributed by atoms with Crippen molar-refractivity contribution in [2.45, 2.75) is 33.2 Å². The molecule has 0 heterocycles. The SMILES string of the molecule is COc1ccc(CN(CCC(N)=S)C(=O)CC(C)C)cc1. The van der Waals surface area contributed by atoms with Crippen molar-refractivity contribution in [1.29, 1.82) is 0 Å². The number of hydrogen-bond donors (Lipinski definition) is 1. The molecule has 0 aliphatic carbocycles. The molecule has 0 unspecified atom stereocenters. The Labute approximate surface area is 132 Å². The van der Waals surface area contributed by atoms with E-state index in [1.807, 2.05) is 43.0 Å². The molecule has 1 amide bonds. The van der Waals surface area contributed by atoms with Crippen LogP contribution in [0.3, 0.4) is 0 Å². The molecule has 1 aromatic carbocycles. The molecule has 0 saturated heterocycles. The first-order valence-corrected chi connectivity index (χ1v) is 7.52. The number of carbonyl (C=O) groups is 1. The lowest BCUT2D eigenvalue weighted by molar-refractivity contribution is -0.132. The van der Waals surface area contributed by atoms with Crippen LogP contribution in [0.4, 0.5) is 0 Å². The van der Waals surface area contributed by atoms with Crippen LogP contribution in [0.25, 0.3) is 0 Å². The number of thiocarbonyl (C=S) groups is 1. The third kappa shape index (κ3) is 6.58. The van der Waals surface area contributed by atoms with Gasteiger partial charge in [-0.2, -0.15) is 0 Å². The van der Waals surface area contributed by atoms with Gasteiger partial charge < -0.3 is 15.4 Å². The van der Waals surface area contributed by atoms with Gasteiger partial charge in [0.1, 0.15) is 5.75 Å². The van der Waals surface area contributed by atoms with Gasteiger partial charge >= 0.3 is 0 Å². The summed E-state index contributed by atoms with van der Waals surface area (Å²) in [5.74, 6) is 1.28. The second kappa shape index (κ2) is 8.62. The predicted molar refractivity (Wildman–Crippen MR) is 89.3 cm³/mol. The van der Waals surface area contributed by atoms with Gasteiger partial charge in [-0.3, -0.25) is 4.79 Å². The van der Waals surface area contributed by atoms with Crippen molar-refractivity contribution in [2.75, 3.05) is 13.7 Å². The summed E-state index contributed by atoms with van der Waals surface area (Å²) in [5, 5.41) is 0. The van der Waals surface area contributed by atoms with Gasteiger partial charge in [-0.15, -0.1) is 0 Å². The van der Waals surface area contributed by atoms with Crippen LogP contribution in [-0.2, 0) is 11.3 Å². The van der Waals surface area contributed by atoms with Crippen molar-refractivity contribution < 1.29 is 9.53 Å². The fourth-order valence-electron chi connectivity index (χ4n) is 1.97. The number of benzene rings is 1. The predicted octanol–water partition coefficient (Wildman–Crippen LogP) is 2.75. The molecule has 0 aliphatic heterocycles. The van der Waals surface area contributed by atoms with Gasteiger partial charge in [-0.05, 0) is 23.6 Å². The van der Waals surface area contributed by atoms with Crippen LogP contribution in [0.5, 0.6) is 5.75 Å². The Balaban J connectivity index is 2.74. The molecule has 0 aliphatic rings. The van der Waals surface area contributed by atoms with Crippen molar-refractivity contribution in [3.8, 4) is 5.75 Å². The third-order valence-electron chi connectivity index (χ3n) is 3.10. The topological polar surface area (TPSA) is 55.6 Å². The van der Waals surface area contributed by atoms with Crippen LogP contribution < -0.4 is 10.5 Å². The summed E-state index contributed by atoms with van der Waals surface area (Å²) in [6, 6.07) is 7.73. The fourth-order valence-corrected chi connectivity index (χ4v) is 2.06. The molecule has 0 atom stereocenters. The van der Waals surface area contributed by atoms with Crippen LogP contribution in [0.1, 0.15) is 32.3 Å². The van der Waals surface area contributed by atoms with Gasteiger partial charge in [-0.1, -0.05) is 38.2 Å². The summed E-state index contributed by atoms with van der Waals surface area (Å²) in [6.45, 7) is 5.21. The molecule has 0 radical (unpaired) electrons. The molecule has 1 aromatic rings. The number of methoxy groups -OCH3 is 1. The Hall–Kier alpha value is -1.62. The van der Waals surface area contributed by atoms with E-state index in [4.69, 9.17) is 22.7 Å². The number of nitrogens with zero attached hydrogens (tertiary/aromatic N) is 1. The summed E-state index contributed by atoms with van der Waals surface area (Å²) in [6.07, 6.45) is 1.09. The van der Waals surface area contributed by atoms with E-state index in [2.05, 4.69) is 0 Å². The highest BCUT2D eigenvalue weighted by Gasteiger charge is 2.15. The van der Waals surface area contributed by atoms with Crippen molar-refractivity contribution in [3.05, 3.63) is 29.8 Å². The van der Waals surface area contributed by atoms with Crippen LogP contribution in [-0.4, -0.2) is 29.5 Å². The minimum absolute atomic E-state index is 0.136. The maximum atomic E-state index is 12.3. The van der Waals surface area contributed by atoms with E-state index in [0.717, 1.165) is 11.3 Å². The number of carbonyl (C=O) groups excluding carboxylic acids is 1. The van der Waals surface area contributed by atoms with Crippen molar-refractivity contribution >= 4 is 23.1 Å². The Morgan fingerprint density at radius 2 is 1.95 bits per heavy atom. The molecular weight excluding hydrogens is 284 g/mol. The Bertz CT molecular complexity index is 472. The van der Waals surface area contributed by atoms with Gasteiger partial charge in [0.25, 0.3) is 0 Å². The molecule has 0 spiro atoms. The molecule has 4 nitrogen and oxygen atoms in total. The summed E-state index contributed by atoms with van der Waals surface area (Å²) in [4.78, 5) is 14.6. The second-order valence-corrected chi connectivity index (χ2v) is 6.00. The number of ether oxygens (including phenoxy) is 1. The van der Waals surface area contributed by atoms with Crippen LogP contribution in [0.15, 0.2) is 24.3 Å². The number of rotatable bonds is 8. The Kier molecular flexibility index (Phi) is 7.15. The van der Waals surface area contributed by atoms with E-state index < -0.39 is 0 Å². The van der Waals surface area contributed by atoms with E-state index in [9.17, 15) is 4.79 Å². The zero-order chi connectivity index (χ0) is 15.8. The van der Waals surface area contributed by atoms with E-state index in [1.165, 1.54) is 0 Å². The lowest BCUT2D eigenvalue weighted by atomic mass is 10.1. The van der Waals surface area contributed by atoms with Gasteiger partial charge in [0.2, 0.25) is 5.91 Å². The fraction of sp³-hybridized carbons (Fsp3) is 0.500. The quantitative estimate of drug-likeness (QED) is 0.750. The van der Waals surface area contributed by atoms with Crippen LogP contribution in [0, 0.1) is 5.92 Å². The zero-order valence-electron chi connectivity index (χ0n) is 13.0. The normalized spacial score (nSPS) is 10.5. The first kappa shape index (κ1) is 17.4. The second-order valence-electron chi connectivity index (χ2n) is 5.48. The van der Waals surface area contributed by atoms with E-state index in [-0.39, 0.29) is 5.91 Å². The lowest BCUT2D eigenvalue weighted by Gasteiger charge is -2.23. The lowest BCUT2D eigenvalue weighted by Crippen LogP contribution is -2.34. The Morgan fingerprint density at radius 3 is 2.43 bits per heavy atom. The molecule has 0 aromatic heterocycles. The van der Waals surface area contributed by atoms with Gasteiger partial charge in [0.05, 0.1) is 12.1 Å². The standard InChI is InChI=1S/C16H24N2O2S/c1-12(2)10-16(19)18(9-8-15(17)21)11-13-4-6-14(20-3)7-5-13/h4-7,12H,8-11H2,1-3H3,(H2,17,21). The average Bonchev–Trinajstić information content (AvgIpc) is 2.43. The van der Waals surface area contributed by atoms with E-state index in [1.54, 1.807) is 7.11 Å². The highest BCUT2D eigenvalue weighted by atomic mass is 32.1. The average molecular weight is 308 g/mol. The van der Waals surface area contributed by atoms with E-state index in [0.29, 0.717) is 36.8 Å². The van der Waals surface area contributed by atoms with Gasteiger partial charge in [0, 0.05) is 25.9 Å². The molecule has 2 N–H and O–H groups in total. The molecule has 0 saturated carbocycles. The highest BCUT2D eigenvalue weighted by Crippen LogP contribution is 2.15. The molecule has 0 bridgehead atoms. The van der Waals surface area contributed by atoms with Crippen molar-refractivity contribution in [1.82, 2.24) is 4.90 Å². The summed E-state index contributed by atoms with van der Waals surface area (Å²) >= 11 is 4.91. The highest BCUT2D eigenvalue weighted by molar-refractivity contribution is 7.80. The van der Waals surface area contributed by atoms with Crippen LogP contribution in [0.2, 0.25) is 0 Å². The van der Waals surface area contributed by atoms with Gasteiger partial charge in [0.15, 0.2) is 0 Å². The molecular formula is C16H24N2O2S. The zero-order valence-corrected chi connectivity index (χ0v) is 13.8. The summed E-state index contributed by atoms with van der Waals surface area (Å²) in [5.41, 5.74) is 6.62. The molecule has 21 heavy (non-hydrogen) atoms. The number of hydrogen-bond acceptors (Lipinski definition) is 3. The summed E-state index contributed by atoms with van der Waals surface area (Å²) < 4.78 is 5.14. The Morgan fingerprint density at radius 1 is 1.33 bits per heavy atom. The minimum Gasteiger partial charge on any atom is -0.497 e. The first-order chi connectivity index (χ1) is 9.92. The van der Waals surface area contributed by atoms with Gasteiger partial charge in [-0.25, -0.2) is 0 Å². The maximum absolute atomic E-state index is 12.3. The van der Waals surface area contributed by atoms with Crippen molar-refractivity contribution in [3.63, 3.8) is 0 Å². The van der Waals surface area contributed by atoms with Crippen molar-refractivity contribution in [2.24, 2.45) is 11.7 Å². The summed E-state index contributed by atoms with van der Waals surface area (Å²) in [7, 11) is 1.63.